The van der Waals surface area contributed by atoms with Crippen molar-refractivity contribution < 1.29 is 9.13 Å². The highest BCUT2D eigenvalue weighted by Gasteiger charge is 2.32. The van der Waals surface area contributed by atoms with Gasteiger partial charge in [0.15, 0.2) is 14.3 Å². The minimum atomic E-state index is -3.15. The Morgan fingerprint density at radius 3 is 0.804 bits per heavy atom. The molecule has 0 N–H and O–H groups in total. The standard InChI is InChI=1S/C42H30O2P2/c43-45(31-15-5-1-6-16-31,32-17-7-2-8-18-32)35-25-27-39-40-28-26-36(30-42(40)38-24-14-13-23-37(38)41(39)29-35)46(44,33-19-9-3-10-20-33)34-21-11-4-12-22-34/h1-30H. The van der Waals surface area contributed by atoms with Gasteiger partial charge in [-0.2, -0.15) is 0 Å². The third-order valence-corrected chi connectivity index (χ3v) is 15.1. The van der Waals surface area contributed by atoms with Crippen LogP contribution < -0.4 is 31.8 Å². The minimum Gasteiger partial charge on any atom is -0.309 e. The van der Waals surface area contributed by atoms with Gasteiger partial charge in [0.1, 0.15) is 0 Å². The van der Waals surface area contributed by atoms with Crippen LogP contribution in [-0.4, -0.2) is 0 Å². The Morgan fingerprint density at radius 2 is 0.500 bits per heavy atom. The van der Waals surface area contributed by atoms with Crippen LogP contribution in [-0.2, 0) is 9.13 Å². The smallest absolute Gasteiger partial charge is 0.171 e. The summed E-state index contributed by atoms with van der Waals surface area (Å²) in [6, 6.07) is 60.2. The fourth-order valence-corrected chi connectivity index (χ4v) is 12.1. The zero-order valence-corrected chi connectivity index (χ0v) is 26.8. The molecular formula is C42H30O2P2. The molecule has 46 heavy (non-hydrogen) atoms. The molecule has 8 aromatic carbocycles. The van der Waals surface area contributed by atoms with E-state index >= 15 is 9.13 Å². The molecule has 0 spiro atoms. The van der Waals surface area contributed by atoms with Crippen LogP contribution in [0.15, 0.2) is 182 Å². The maximum Gasteiger partial charge on any atom is 0.171 e. The van der Waals surface area contributed by atoms with E-state index in [1.807, 2.05) is 133 Å². The molecule has 8 aromatic rings. The van der Waals surface area contributed by atoms with Crippen molar-refractivity contribution in [2.75, 3.05) is 0 Å². The molecule has 0 heterocycles. The summed E-state index contributed by atoms with van der Waals surface area (Å²) in [5.41, 5.74) is 0. The van der Waals surface area contributed by atoms with Gasteiger partial charge in [-0.15, -0.1) is 0 Å². The van der Waals surface area contributed by atoms with Gasteiger partial charge in [0.2, 0.25) is 0 Å². The van der Waals surface area contributed by atoms with Gasteiger partial charge in [-0.1, -0.05) is 170 Å². The van der Waals surface area contributed by atoms with Gasteiger partial charge in [0.05, 0.1) is 0 Å². The first kappa shape index (κ1) is 28.5. The minimum absolute atomic E-state index is 0.802. The van der Waals surface area contributed by atoms with E-state index in [2.05, 4.69) is 48.5 Å². The van der Waals surface area contributed by atoms with Gasteiger partial charge >= 0.3 is 0 Å². The normalized spacial score (nSPS) is 12.1. The molecule has 0 amide bonds. The van der Waals surface area contributed by atoms with Gasteiger partial charge in [0.25, 0.3) is 0 Å². The van der Waals surface area contributed by atoms with Crippen molar-refractivity contribution in [2.24, 2.45) is 0 Å². The Morgan fingerprint density at radius 1 is 0.239 bits per heavy atom. The van der Waals surface area contributed by atoms with Crippen LogP contribution in [0.5, 0.6) is 0 Å². The van der Waals surface area contributed by atoms with E-state index in [4.69, 9.17) is 0 Å². The molecule has 8 rings (SSSR count). The zero-order valence-electron chi connectivity index (χ0n) is 25.0. The quantitative estimate of drug-likeness (QED) is 0.137. The van der Waals surface area contributed by atoms with E-state index in [1.54, 1.807) is 0 Å². The predicted octanol–water partition coefficient (Wildman–Crippen LogP) is 8.43. The molecule has 0 aromatic heterocycles. The highest BCUT2D eigenvalue weighted by atomic mass is 31.2. The highest BCUT2D eigenvalue weighted by Crippen LogP contribution is 2.46. The Labute approximate surface area is 268 Å². The van der Waals surface area contributed by atoms with E-state index in [0.717, 1.165) is 64.1 Å². The molecule has 0 fully saturated rings. The fraction of sp³-hybridized carbons (Fsp3) is 0. The lowest BCUT2D eigenvalue weighted by atomic mass is 9.94. The molecule has 220 valence electrons. The largest absolute Gasteiger partial charge is 0.309 e. The Balaban J connectivity index is 1.40. The van der Waals surface area contributed by atoms with Gasteiger partial charge in [-0.3, -0.25) is 0 Å². The highest BCUT2D eigenvalue weighted by molar-refractivity contribution is 7.85. The summed E-state index contributed by atoms with van der Waals surface area (Å²) in [7, 11) is -6.31. The molecule has 0 radical (unpaired) electrons. The predicted molar refractivity (Wildman–Crippen MR) is 198 cm³/mol. The summed E-state index contributed by atoms with van der Waals surface area (Å²) in [6.45, 7) is 0. The topological polar surface area (TPSA) is 34.1 Å². The average Bonchev–Trinajstić information content (AvgIpc) is 3.15. The van der Waals surface area contributed by atoms with Crippen molar-refractivity contribution in [1.29, 1.82) is 0 Å². The monoisotopic (exact) mass is 628 g/mol. The Bertz CT molecular complexity index is 2180. The molecule has 2 nitrogen and oxygen atoms in total. The summed E-state index contributed by atoms with van der Waals surface area (Å²) in [4.78, 5) is 0. The lowest BCUT2D eigenvalue weighted by Gasteiger charge is -2.22. The average molecular weight is 629 g/mol. The van der Waals surface area contributed by atoms with Crippen LogP contribution in [0.3, 0.4) is 0 Å². The second kappa shape index (κ2) is 11.4. The van der Waals surface area contributed by atoms with Crippen LogP contribution in [0.1, 0.15) is 0 Å². The third-order valence-electron chi connectivity index (χ3n) is 9.01. The lowest BCUT2D eigenvalue weighted by Crippen LogP contribution is -2.25. The van der Waals surface area contributed by atoms with Crippen molar-refractivity contribution in [2.45, 2.75) is 0 Å². The van der Waals surface area contributed by atoms with Gasteiger partial charge in [-0.05, 0) is 44.5 Å². The molecule has 0 aliphatic carbocycles. The zero-order chi connectivity index (χ0) is 31.1. The number of hydrogen-bond donors (Lipinski definition) is 0. The lowest BCUT2D eigenvalue weighted by molar-refractivity contribution is 0.591. The van der Waals surface area contributed by atoms with E-state index < -0.39 is 14.3 Å². The number of hydrogen-bond acceptors (Lipinski definition) is 2. The van der Waals surface area contributed by atoms with E-state index in [0.29, 0.717) is 0 Å². The first-order valence-corrected chi connectivity index (χ1v) is 18.8. The van der Waals surface area contributed by atoms with Crippen LogP contribution in [0.25, 0.3) is 32.3 Å². The van der Waals surface area contributed by atoms with Crippen molar-refractivity contribution in [1.82, 2.24) is 0 Å². The molecule has 4 heteroatoms. The summed E-state index contributed by atoms with van der Waals surface area (Å²) < 4.78 is 30.5. The van der Waals surface area contributed by atoms with Gasteiger partial charge < -0.3 is 9.13 Å². The first-order valence-electron chi connectivity index (χ1n) is 15.4. The van der Waals surface area contributed by atoms with Gasteiger partial charge in [-0.25, -0.2) is 0 Å². The molecule has 0 unspecified atom stereocenters. The van der Waals surface area contributed by atoms with Crippen LogP contribution in [0.2, 0.25) is 0 Å². The molecule has 0 saturated heterocycles. The summed E-state index contributed by atoms with van der Waals surface area (Å²) >= 11 is 0. The van der Waals surface area contributed by atoms with Crippen LogP contribution >= 0.6 is 14.3 Å². The number of fused-ring (bicyclic) bond motifs is 6. The van der Waals surface area contributed by atoms with Crippen molar-refractivity contribution in [3.8, 4) is 0 Å². The van der Waals surface area contributed by atoms with Crippen LogP contribution in [0, 0.1) is 0 Å². The number of rotatable bonds is 6. The van der Waals surface area contributed by atoms with E-state index in [-0.39, 0.29) is 0 Å². The summed E-state index contributed by atoms with van der Waals surface area (Å²) in [5, 5.41) is 11.3. The Hall–Kier alpha value is -5.00. The summed E-state index contributed by atoms with van der Waals surface area (Å²) in [6.07, 6.45) is 0. The van der Waals surface area contributed by atoms with E-state index in [9.17, 15) is 0 Å². The molecule has 0 bridgehead atoms. The SMILES string of the molecule is O=P(c1ccccc1)(c1ccccc1)c1ccc2c3ccc(P(=O)(c4ccccc4)c4ccccc4)cc3c3ccccc3c2c1. The van der Waals surface area contributed by atoms with Crippen molar-refractivity contribution >= 4 is 78.4 Å². The van der Waals surface area contributed by atoms with Gasteiger partial charge in [0, 0.05) is 31.8 Å². The molecular weight excluding hydrogens is 598 g/mol. The number of benzene rings is 8. The molecule has 0 saturated carbocycles. The van der Waals surface area contributed by atoms with Crippen LogP contribution in [0.4, 0.5) is 0 Å². The first-order chi connectivity index (χ1) is 22.6. The Kier molecular flexibility index (Phi) is 7.07. The second-order valence-corrected chi connectivity index (χ2v) is 17.1. The molecule has 0 aliphatic rings. The fourth-order valence-electron chi connectivity index (χ4n) is 6.77. The maximum absolute atomic E-state index is 15.3. The maximum atomic E-state index is 15.3. The summed E-state index contributed by atoms with van der Waals surface area (Å²) in [5.74, 6) is 0. The third kappa shape index (κ3) is 4.49. The van der Waals surface area contributed by atoms with Crippen molar-refractivity contribution in [3.05, 3.63) is 182 Å². The van der Waals surface area contributed by atoms with E-state index in [1.165, 1.54) is 0 Å². The molecule has 0 atom stereocenters. The molecule has 0 aliphatic heterocycles. The van der Waals surface area contributed by atoms with Crippen molar-refractivity contribution in [3.63, 3.8) is 0 Å². The second-order valence-electron chi connectivity index (χ2n) is 11.6.